The van der Waals surface area contributed by atoms with E-state index in [0.29, 0.717) is 0 Å². The van der Waals surface area contributed by atoms with Crippen molar-refractivity contribution in [1.82, 2.24) is 9.97 Å². The summed E-state index contributed by atoms with van der Waals surface area (Å²) in [5.41, 5.74) is 3.39. The molecule has 2 aromatic rings. The fraction of sp³-hybridized carbons (Fsp3) is 0.562. The minimum Gasteiger partial charge on any atom is -0.385 e. The molecule has 0 radical (unpaired) electrons. The van der Waals surface area contributed by atoms with Gasteiger partial charge in [0, 0.05) is 17.6 Å². The van der Waals surface area contributed by atoms with Crippen LogP contribution in [0.4, 0.5) is 5.69 Å². The van der Waals surface area contributed by atoms with E-state index in [9.17, 15) is 0 Å². The van der Waals surface area contributed by atoms with E-state index in [4.69, 9.17) is 0 Å². The molecule has 0 bridgehead atoms. The molecule has 1 aromatic heterocycles. The van der Waals surface area contributed by atoms with Gasteiger partial charge in [0.05, 0.1) is 11.0 Å². The number of nitrogens with zero attached hydrogens (tertiary/aromatic N) is 1. The maximum absolute atomic E-state index is 4.66. The van der Waals surface area contributed by atoms with Crippen molar-refractivity contribution in [3.63, 3.8) is 0 Å². The molecule has 2 rings (SSSR count). The molecule has 0 amide bonds. The molecule has 0 aliphatic heterocycles. The quantitative estimate of drug-likeness (QED) is 0.774. The third-order valence-electron chi connectivity index (χ3n) is 3.19. The smallest absolute Gasteiger partial charge is 0.112 e. The number of rotatable bonds is 6. The highest BCUT2D eigenvalue weighted by molar-refractivity contribution is 7.99. The Bertz CT molecular complexity index is 554. The molecule has 110 valence electrons. The van der Waals surface area contributed by atoms with E-state index in [0.717, 1.165) is 23.4 Å². The van der Waals surface area contributed by atoms with E-state index in [2.05, 4.69) is 61.2 Å². The first kappa shape index (κ1) is 15.2. The first-order valence-corrected chi connectivity index (χ1v) is 8.48. The van der Waals surface area contributed by atoms with Crippen LogP contribution < -0.4 is 5.32 Å². The maximum atomic E-state index is 4.66. The number of anilines is 1. The first-order valence-electron chi connectivity index (χ1n) is 7.32. The second-order valence-corrected chi connectivity index (χ2v) is 7.44. The summed E-state index contributed by atoms with van der Waals surface area (Å²) in [6.07, 6.45) is 1.20. The number of aromatic nitrogens is 2. The van der Waals surface area contributed by atoms with E-state index in [1.54, 1.807) is 0 Å². The van der Waals surface area contributed by atoms with Crippen LogP contribution in [0, 0.1) is 0 Å². The van der Waals surface area contributed by atoms with Crippen molar-refractivity contribution in [1.29, 1.82) is 0 Å². The summed E-state index contributed by atoms with van der Waals surface area (Å²) in [7, 11) is 0. The van der Waals surface area contributed by atoms with Crippen LogP contribution in [0.5, 0.6) is 0 Å². The lowest BCUT2D eigenvalue weighted by atomic mass is 9.96. The lowest BCUT2D eigenvalue weighted by molar-refractivity contribution is 0.554. The van der Waals surface area contributed by atoms with Gasteiger partial charge in [-0.2, -0.15) is 11.8 Å². The van der Waals surface area contributed by atoms with Gasteiger partial charge in [-0.1, -0.05) is 27.7 Å². The Morgan fingerprint density at radius 2 is 2.10 bits per heavy atom. The molecule has 3 nitrogen and oxygen atoms in total. The van der Waals surface area contributed by atoms with Crippen molar-refractivity contribution < 1.29 is 0 Å². The van der Waals surface area contributed by atoms with Crippen LogP contribution in [0.15, 0.2) is 18.2 Å². The number of hydrogen-bond donors (Lipinski definition) is 2. The van der Waals surface area contributed by atoms with Crippen molar-refractivity contribution in [2.45, 2.75) is 39.5 Å². The van der Waals surface area contributed by atoms with Crippen molar-refractivity contribution >= 4 is 28.5 Å². The predicted molar refractivity (Wildman–Crippen MR) is 90.9 cm³/mol. The number of benzene rings is 1. The lowest BCUT2D eigenvalue weighted by Crippen LogP contribution is -2.12. The van der Waals surface area contributed by atoms with Gasteiger partial charge >= 0.3 is 0 Å². The molecular weight excluding hydrogens is 266 g/mol. The number of fused-ring (bicyclic) bond motifs is 1. The zero-order valence-electron chi connectivity index (χ0n) is 12.9. The normalized spacial score (nSPS) is 12.0. The highest BCUT2D eigenvalue weighted by Gasteiger charge is 2.18. The highest BCUT2D eigenvalue weighted by atomic mass is 32.2. The van der Waals surface area contributed by atoms with Crippen LogP contribution in [0.25, 0.3) is 11.0 Å². The van der Waals surface area contributed by atoms with Crippen LogP contribution in [0.2, 0.25) is 0 Å². The van der Waals surface area contributed by atoms with Gasteiger partial charge < -0.3 is 10.3 Å². The largest absolute Gasteiger partial charge is 0.385 e. The van der Waals surface area contributed by atoms with E-state index in [1.165, 1.54) is 23.6 Å². The number of imidazole rings is 1. The van der Waals surface area contributed by atoms with Gasteiger partial charge in [-0.15, -0.1) is 0 Å². The number of aromatic amines is 1. The Labute approximate surface area is 125 Å². The van der Waals surface area contributed by atoms with Crippen molar-refractivity contribution in [2.75, 3.05) is 23.4 Å². The van der Waals surface area contributed by atoms with E-state index in [-0.39, 0.29) is 5.41 Å². The van der Waals surface area contributed by atoms with Crippen LogP contribution in [-0.2, 0) is 5.41 Å². The van der Waals surface area contributed by atoms with Gasteiger partial charge in [0.15, 0.2) is 0 Å². The molecule has 0 atom stereocenters. The zero-order chi connectivity index (χ0) is 14.6. The van der Waals surface area contributed by atoms with Crippen molar-refractivity contribution in [3.05, 3.63) is 24.0 Å². The fourth-order valence-electron chi connectivity index (χ4n) is 2.03. The first-order chi connectivity index (χ1) is 9.50. The molecule has 20 heavy (non-hydrogen) atoms. The van der Waals surface area contributed by atoms with Crippen LogP contribution >= 0.6 is 11.8 Å². The summed E-state index contributed by atoms with van der Waals surface area (Å²) >= 11 is 2.00. The summed E-state index contributed by atoms with van der Waals surface area (Å²) in [5.74, 6) is 3.48. The summed E-state index contributed by atoms with van der Waals surface area (Å²) < 4.78 is 0. The molecule has 0 unspecified atom stereocenters. The molecule has 2 N–H and O–H groups in total. The minimum absolute atomic E-state index is 0.0595. The Morgan fingerprint density at radius 1 is 1.30 bits per heavy atom. The molecule has 4 heteroatoms. The van der Waals surface area contributed by atoms with Gasteiger partial charge in [-0.3, -0.25) is 0 Å². The third-order valence-corrected chi connectivity index (χ3v) is 4.18. The van der Waals surface area contributed by atoms with Crippen LogP contribution in [0.3, 0.4) is 0 Å². The van der Waals surface area contributed by atoms with Gasteiger partial charge in [0.2, 0.25) is 0 Å². The van der Waals surface area contributed by atoms with Crippen molar-refractivity contribution in [3.8, 4) is 0 Å². The number of thioether (sulfide) groups is 1. The molecule has 0 fully saturated rings. The molecular formula is C16H25N3S. The average molecular weight is 291 g/mol. The Kier molecular flexibility index (Phi) is 4.97. The van der Waals surface area contributed by atoms with Gasteiger partial charge in [-0.05, 0) is 36.1 Å². The lowest BCUT2D eigenvalue weighted by Gasteiger charge is -2.13. The summed E-state index contributed by atoms with van der Waals surface area (Å²) in [5, 5.41) is 3.48. The highest BCUT2D eigenvalue weighted by Crippen LogP contribution is 2.24. The molecule has 1 aromatic carbocycles. The molecule has 0 saturated heterocycles. The van der Waals surface area contributed by atoms with Gasteiger partial charge in [-0.25, -0.2) is 4.98 Å². The fourth-order valence-corrected chi connectivity index (χ4v) is 2.66. The van der Waals surface area contributed by atoms with E-state index < -0.39 is 0 Å². The third kappa shape index (κ3) is 3.92. The monoisotopic (exact) mass is 291 g/mol. The molecule has 0 spiro atoms. The molecule has 0 saturated carbocycles. The zero-order valence-corrected chi connectivity index (χ0v) is 13.7. The van der Waals surface area contributed by atoms with Gasteiger partial charge in [0.25, 0.3) is 0 Å². The topological polar surface area (TPSA) is 40.7 Å². The maximum Gasteiger partial charge on any atom is 0.112 e. The summed E-state index contributed by atoms with van der Waals surface area (Å²) in [6, 6.07) is 6.36. The molecule has 1 heterocycles. The second kappa shape index (κ2) is 6.53. The van der Waals surface area contributed by atoms with Crippen molar-refractivity contribution in [2.24, 2.45) is 0 Å². The molecule has 0 aliphatic rings. The summed E-state index contributed by atoms with van der Waals surface area (Å²) in [6.45, 7) is 9.76. The number of nitrogens with one attached hydrogen (secondary N) is 2. The van der Waals surface area contributed by atoms with E-state index >= 15 is 0 Å². The Balaban J connectivity index is 2.02. The Hall–Kier alpha value is -1.16. The SMILES string of the molecule is CCSCCCNc1ccc2nc(C(C)(C)C)[nH]c2c1. The number of H-pyrrole nitrogens is 1. The Morgan fingerprint density at radius 3 is 2.80 bits per heavy atom. The minimum atomic E-state index is 0.0595. The molecule has 0 aliphatic carbocycles. The second-order valence-electron chi connectivity index (χ2n) is 6.04. The summed E-state index contributed by atoms with van der Waals surface area (Å²) in [4.78, 5) is 8.09. The van der Waals surface area contributed by atoms with Crippen LogP contribution in [0.1, 0.15) is 39.9 Å². The van der Waals surface area contributed by atoms with Crippen LogP contribution in [-0.4, -0.2) is 28.0 Å². The number of hydrogen-bond acceptors (Lipinski definition) is 3. The van der Waals surface area contributed by atoms with E-state index in [1.807, 2.05) is 11.8 Å². The predicted octanol–water partition coefficient (Wildman–Crippen LogP) is 4.42. The van der Waals surface area contributed by atoms with Gasteiger partial charge in [0.1, 0.15) is 5.82 Å². The standard InChI is InChI=1S/C16H25N3S/c1-5-20-10-6-9-17-12-7-8-13-14(11-12)19-15(18-13)16(2,3)4/h7-8,11,17H,5-6,9-10H2,1-4H3,(H,18,19). The average Bonchev–Trinajstić information content (AvgIpc) is 2.81.